The van der Waals surface area contributed by atoms with E-state index in [1.165, 1.54) is 0 Å². The van der Waals surface area contributed by atoms with Crippen LogP contribution in [0.3, 0.4) is 0 Å². The van der Waals surface area contributed by atoms with Crippen LogP contribution >= 0.6 is 0 Å². The molecule has 1 radical (unpaired) electrons. The highest BCUT2D eigenvalue weighted by Gasteiger charge is 2.01. The van der Waals surface area contributed by atoms with Crippen molar-refractivity contribution in [3.05, 3.63) is 90.1 Å². The van der Waals surface area contributed by atoms with E-state index in [0.29, 0.717) is 24.8 Å². The molecular weight excluding hydrogens is 274 g/mol. The molecule has 0 atom stereocenters. The smallest absolute Gasteiger partial charge is 0.217 e. The van der Waals surface area contributed by atoms with Crippen molar-refractivity contribution in [1.29, 1.82) is 0 Å². The average molecular weight is 290 g/mol. The predicted molar refractivity (Wildman–Crippen MR) is 84.6 cm³/mol. The zero-order chi connectivity index (χ0) is 15.0. The van der Waals surface area contributed by atoms with Crippen molar-refractivity contribution >= 4 is 0 Å². The molecule has 22 heavy (non-hydrogen) atoms. The minimum absolute atomic E-state index is 0.476. The van der Waals surface area contributed by atoms with Gasteiger partial charge < -0.3 is 9.47 Å². The first-order chi connectivity index (χ1) is 10.9. The number of pyridine rings is 1. The van der Waals surface area contributed by atoms with Crippen LogP contribution in [0.4, 0.5) is 0 Å². The maximum absolute atomic E-state index is 5.73. The summed E-state index contributed by atoms with van der Waals surface area (Å²) in [4.78, 5) is 4.08. The van der Waals surface area contributed by atoms with Crippen molar-refractivity contribution in [3.8, 4) is 11.6 Å². The SMILES string of the molecule is [c]1cc(OCc2ccccc2)cc(OCc2ccccc2)n1. The van der Waals surface area contributed by atoms with Crippen LogP contribution in [-0.2, 0) is 13.2 Å². The summed E-state index contributed by atoms with van der Waals surface area (Å²) in [6.07, 6.45) is 2.80. The number of benzene rings is 2. The van der Waals surface area contributed by atoms with Crippen molar-refractivity contribution in [1.82, 2.24) is 4.98 Å². The van der Waals surface area contributed by atoms with Gasteiger partial charge in [-0.05, 0) is 11.1 Å². The highest BCUT2D eigenvalue weighted by molar-refractivity contribution is 5.26. The molecule has 0 unspecified atom stereocenters. The van der Waals surface area contributed by atoms with Crippen LogP contribution in [0.5, 0.6) is 11.6 Å². The lowest BCUT2D eigenvalue weighted by molar-refractivity contribution is 0.281. The Morgan fingerprint density at radius 3 is 2.00 bits per heavy atom. The first kappa shape index (κ1) is 14.1. The second-order valence-corrected chi connectivity index (χ2v) is 4.82. The zero-order valence-corrected chi connectivity index (χ0v) is 12.1. The summed E-state index contributed by atoms with van der Waals surface area (Å²) in [7, 11) is 0. The summed E-state index contributed by atoms with van der Waals surface area (Å²) in [5.41, 5.74) is 2.21. The van der Waals surface area contributed by atoms with Crippen LogP contribution in [0.1, 0.15) is 11.1 Å². The van der Waals surface area contributed by atoms with Crippen LogP contribution in [0.25, 0.3) is 0 Å². The highest BCUT2D eigenvalue weighted by atomic mass is 16.5. The average Bonchev–Trinajstić information content (AvgIpc) is 2.60. The lowest BCUT2D eigenvalue weighted by Crippen LogP contribution is -1.99. The molecule has 0 bridgehead atoms. The molecule has 0 saturated carbocycles. The van der Waals surface area contributed by atoms with E-state index in [1.54, 1.807) is 12.1 Å². The standard InChI is InChI=1S/C19H16NO2/c1-3-7-16(8-4-1)14-21-18-11-12-20-19(13-18)22-15-17-9-5-2-6-10-17/h1-11,13H,14-15H2. The Balaban J connectivity index is 1.58. The van der Waals surface area contributed by atoms with E-state index in [4.69, 9.17) is 9.47 Å². The molecular formula is C19H16NO2. The number of hydrogen-bond donors (Lipinski definition) is 0. The van der Waals surface area contributed by atoms with Gasteiger partial charge in [0.15, 0.2) is 0 Å². The first-order valence-corrected chi connectivity index (χ1v) is 7.12. The third-order valence-corrected chi connectivity index (χ3v) is 3.13. The Morgan fingerprint density at radius 1 is 0.773 bits per heavy atom. The molecule has 109 valence electrons. The van der Waals surface area contributed by atoms with Gasteiger partial charge in [0.05, 0.1) is 6.20 Å². The van der Waals surface area contributed by atoms with E-state index >= 15 is 0 Å². The maximum atomic E-state index is 5.73. The second-order valence-electron chi connectivity index (χ2n) is 4.82. The second kappa shape index (κ2) is 7.27. The van der Waals surface area contributed by atoms with Gasteiger partial charge in [0.25, 0.3) is 0 Å². The molecule has 0 amide bonds. The fourth-order valence-electron chi connectivity index (χ4n) is 1.98. The van der Waals surface area contributed by atoms with E-state index in [1.807, 2.05) is 60.7 Å². The normalized spacial score (nSPS) is 10.2. The number of hydrogen-bond acceptors (Lipinski definition) is 3. The first-order valence-electron chi connectivity index (χ1n) is 7.12. The minimum Gasteiger partial charge on any atom is -0.489 e. The Kier molecular flexibility index (Phi) is 4.67. The summed E-state index contributed by atoms with van der Waals surface area (Å²) in [6, 6.07) is 23.5. The molecule has 0 fully saturated rings. The largest absolute Gasteiger partial charge is 0.489 e. The van der Waals surface area contributed by atoms with Crippen LogP contribution in [0.15, 0.2) is 72.8 Å². The van der Waals surface area contributed by atoms with Crippen LogP contribution in [0.2, 0.25) is 0 Å². The Labute approximate surface area is 130 Å². The molecule has 3 nitrogen and oxygen atoms in total. The van der Waals surface area contributed by atoms with Gasteiger partial charge in [-0.15, -0.1) is 0 Å². The van der Waals surface area contributed by atoms with E-state index < -0.39 is 0 Å². The van der Waals surface area contributed by atoms with Crippen molar-refractivity contribution in [2.24, 2.45) is 0 Å². The van der Waals surface area contributed by atoms with Crippen LogP contribution in [0, 0.1) is 6.20 Å². The van der Waals surface area contributed by atoms with E-state index in [-0.39, 0.29) is 0 Å². The van der Waals surface area contributed by atoms with E-state index in [9.17, 15) is 0 Å². The van der Waals surface area contributed by atoms with Gasteiger partial charge in [-0.1, -0.05) is 60.7 Å². The molecule has 3 heteroatoms. The van der Waals surface area contributed by atoms with Crippen molar-refractivity contribution in [2.45, 2.75) is 13.2 Å². The molecule has 3 aromatic rings. The molecule has 1 heterocycles. The van der Waals surface area contributed by atoms with Crippen molar-refractivity contribution in [2.75, 3.05) is 0 Å². The van der Waals surface area contributed by atoms with Crippen molar-refractivity contribution in [3.63, 3.8) is 0 Å². The summed E-state index contributed by atoms with van der Waals surface area (Å²) in [6.45, 7) is 0.987. The minimum atomic E-state index is 0.476. The van der Waals surface area contributed by atoms with Gasteiger partial charge in [-0.3, -0.25) is 0 Å². The van der Waals surface area contributed by atoms with Crippen molar-refractivity contribution < 1.29 is 9.47 Å². The molecule has 2 aromatic carbocycles. The fraction of sp³-hybridized carbons (Fsp3) is 0.105. The van der Waals surface area contributed by atoms with Gasteiger partial charge in [0.1, 0.15) is 19.0 Å². The number of rotatable bonds is 6. The Hall–Kier alpha value is -2.81. The summed E-state index contributed by atoms with van der Waals surface area (Å²) in [5.74, 6) is 1.20. The van der Waals surface area contributed by atoms with Gasteiger partial charge in [-0.25, -0.2) is 4.98 Å². The molecule has 0 N–H and O–H groups in total. The molecule has 1 aromatic heterocycles. The monoisotopic (exact) mass is 290 g/mol. The summed E-state index contributed by atoms with van der Waals surface area (Å²) < 4.78 is 11.4. The zero-order valence-electron chi connectivity index (χ0n) is 12.1. The topological polar surface area (TPSA) is 31.4 Å². The number of aromatic nitrogens is 1. The van der Waals surface area contributed by atoms with Gasteiger partial charge >= 0.3 is 0 Å². The molecule has 0 aliphatic carbocycles. The highest BCUT2D eigenvalue weighted by Crippen LogP contribution is 2.18. The molecule has 0 aliphatic rings. The third kappa shape index (κ3) is 4.09. The van der Waals surface area contributed by atoms with Gasteiger partial charge in [0.2, 0.25) is 5.88 Å². The summed E-state index contributed by atoms with van der Waals surface area (Å²) in [5, 5.41) is 0. The summed E-state index contributed by atoms with van der Waals surface area (Å²) >= 11 is 0. The molecule has 3 rings (SSSR count). The van der Waals surface area contributed by atoms with Crippen LogP contribution in [-0.4, -0.2) is 4.98 Å². The Morgan fingerprint density at radius 2 is 1.36 bits per heavy atom. The lowest BCUT2D eigenvalue weighted by Gasteiger charge is -2.08. The third-order valence-electron chi connectivity index (χ3n) is 3.13. The number of nitrogens with zero attached hydrogens (tertiary/aromatic N) is 1. The molecule has 0 spiro atoms. The van der Waals surface area contributed by atoms with Gasteiger partial charge in [0, 0.05) is 12.1 Å². The maximum Gasteiger partial charge on any atom is 0.217 e. The lowest BCUT2D eigenvalue weighted by atomic mass is 10.2. The van der Waals surface area contributed by atoms with Crippen LogP contribution < -0.4 is 9.47 Å². The van der Waals surface area contributed by atoms with Gasteiger partial charge in [-0.2, -0.15) is 0 Å². The predicted octanol–water partition coefficient (Wildman–Crippen LogP) is 4.04. The van der Waals surface area contributed by atoms with E-state index in [0.717, 1.165) is 11.1 Å². The number of ether oxygens (including phenoxy) is 2. The molecule has 0 aliphatic heterocycles. The molecule has 0 saturated heterocycles. The quantitative estimate of drug-likeness (QED) is 0.686. The Bertz CT molecular complexity index is 640. The van der Waals surface area contributed by atoms with E-state index in [2.05, 4.69) is 11.2 Å². The fourth-order valence-corrected chi connectivity index (χ4v) is 1.98.